The zero-order valence-electron chi connectivity index (χ0n) is 57.4. The van der Waals surface area contributed by atoms with Crippen molar-refractivity contribution in [2.45, 2.75) is 153 Å². The van der Waals surface area contributed by atoms with Crippen LogP contribution in [0, 0.1) is 32.5 Å². The van der Waals surface area contributed by atoms with E-state index < -0.39 is 85.3 Å². The summed E-state index contributed by atoms with van der Waals surface area (Å²) in [5.74, 6) is -5.17. The number of hydrogen-bond acceptors (Lipinski definition) is 13. The van der Waals surface area contributed by atoms with Crippen molar-refractivity contribution in [3.63, 3.8) is 0 Å². The van der Waals surface area contributed by atoms with Crippen LogP contribution in [0.1, 0.15) is 152 Å². The Hall–Kier alpha value is -9.06. The first-order valence-corrected chi connectivity index (χ1v) is 36.2. The minimum absolute atomic E-state index is 0.0155. The summed E-state index contributed by atoms with van der Waals surface area (Å²) in [7, 11) is -8.88. The van der Waals surface area contributed by atoms with E-state index in [1.165, 1.54) is 36.4 Å². The van der Waals surface area contributed by atoms with E-state index in [9.17, 15) is 54.7 Å². The van der Waals surface area contributed by atoms with Crippen molar-refractivity contribution < 1.29 is 73.1 Å². The molecule has 3 amide bonds. The molecule has 2 atom stereocenters. The van der Waals surface area contributed by atoms with E-state index in [0.29, 0.717) is 86.8 Å². The Morgan fingerprint density at radius 3 is 2.01 bits per heavy atom. The SMILES string of the molecule is CC[N+]1=C(/C=C/C=C/C=C2\N(CCCCCC(=O)NCCCCCC(=O)Nc3ccc(C(=O)N[C@@H](Cc4cccc(C)c4)C(=O)C[C@@H](COCc4ccccc4)C(=O)COC(=O)c4c(C)cccc4C)c(F)c3)c3ccc(S(=O)(=O)O)cc3C2(C)C)C(C)(C)c2cc(S(=O)(=O)O)ccc21. The number of rotatable bonds is 34. The maximum atomic E-state index is 15.9. The van der Waals surface area contributed by atoms with E-state index in [2.05, 4.69) is 25.4 Å². The van der Waals surface area contributed by atoms with Crippen molar-refractivity contribution in [1.82, 2.24) is 10.6 Å². The largest absolute Gasteiger partial charge is 0.454 e. The maximum Gasteiger partial charge on any atom is 0.339 e. The summed E-state index contributed by atoms with van der Waals surface area (Å²) in [6.07, 6.45) is 13.4. The molecule has 22 heteroatoms. The third kappa shape index (κ3) is 19.9. The summed E-state index contributed by atoms with van der Waals surface area (Å²) in [6, 6.07) is 33.5. The Morgan fingerprint density at radius 1 is 0.677 bits per heavy atom. The van der Waals surface area contributed by atoms with Gasteiger partial charge in [-0.3, -0.25) is 33.1 Å². The molecule has 2 aliphatic rings. The number of carbonyl (C=O) groups is 6. The molecule has 0 aliphatic carbocycles. The predicted molar refractivity (Wildman–Crippen MR) is 379 cm³/mol. The molecular formula is C77H89FN5O14S2+. The fraction of sp³-hybridized carbons (Fsp3) is 0.364. The number of fused-ring (bicyclic) bond motifs is 2. The van der Waals surface area contributed by atoms with E-state index in [0.717, 1.165) is 51.1 Å². The highest BCUT2D eigenvalue weighted by Gasteiger charge is 2.45. The molecule has 6 aromatic rings. The summed E-state index contributed by atoms with van der Waals surface area (Å²) >= 11 is 0. The molecule has 0 spiro atoms. The first-order chi connectivity index (χ1) is 47.0. The van der Waals surface area contributed by atoms with Crippen LogP contribution < -0.4 is 20.9 Å². The first kappa shape index (κ1) is 75.7. The zero-order chi connectivity index (χ0) is 71.8. The van der Waals surface area contributed by atoms with Gasteiger partial charge in [0, 0.05) is 72.5 Å². The Morgan fingerprint density at radius 2 is 1.33 bits per heavy atom. The van der Waals surface area contributed by atoms with Gasteiger partial charge in [0.1, 0.15) is 12.4 Å². The third-order valence-corrected chi connectivity index (χ3v) is 19.8. The lowest BCUT2D eigenvalue weighted by Gasteiger charge is -2.27. The van der Waals surface area contributed by atoms with Crippen LogP contribution in [0.3, 0.4) is 0 Å². The molecule has 0 saturated carbocycles. The van der Waals surface area contributed by atoms with Crippen LogP contribution in [-0.2, 0) is 72.7 Å². The molecule has 0 fully saturated rings. The minimum Gasteiger partial charge on any atom is -0.454 e. The summed E-state index contributed by atoms with van der Waals surface area (Å²) in [6.45, 7) is 16.3. The lowest BCUT2D eigenvalue weighted by Crippen LogP contribution is -2.44. The summed E-state index contributed by atoms with van der Waals surface area (Å²) in [5.41, 5.74) is 7.62. The average Bonchev–Trinajstić information content (AvgIpc) is 1.60. The van der Waals surface area contributed by atoms with E-state index in [1.807, 2.05) is 127 Å². The number of benzene rings is 6. The fourth-order valence-corrected chi connectivity index (χ4v) is 13.8. The van der Waals surface area contributed by atoms with E-state index in [4.69, 9.17) is 9.47 Å². The van der Waals surface area contributed by atoms with Crippen LogP contribution >= 0.6 is 0 Å². The molecule has 2 heterocycles. The van der Waals surface area contributed by atoms with Crippen molar-refractivity contribution in [2.75, 3.05) is 43.1 Å². The van der Waals surface area contributed by atoms with Crippen molar-refractivity contribution in [2.24, 2.45) is 5.92 Å². The monoisotopic (exact) mass is 1390 g/mol. The minimum atomic E-state index is -4.48. The van der Waals surface area contributed by atoms with Crippen molar-refractivity contribution in [3.05, 3.63) is 219 Å². The normalized spacial score (nSPS) is 15.1. The summed E-state index contributed by atoms with van der Waals surface area (Å²) in [4.78, 5) is 83.1. The van der Waals surface area contributed by atoms with Gasteiger partial charge in [0.15, 0.2) is 23.9 Å². The summed E-state index contributed by atoms with van der Waals surface area (Å²) in [5, 5.41) is 8.34. The number of Topliss-reactive ketones (excluding diaryl/α,β-unsaturated/α-hetero) is 2. The van der Waals surface area contributed by atoms with Crippen LogP contribution in [0.2, 0.25) is 0 Å². The second-order valence-electron chi connectivity index (χ2n) is 26.2. The van der Waals surface area contributed by atoms with E-state index >= 15 is 4.39 Å². The number of amides is 3. The number of allylic oxidation sites excluding steroid dienone is 6. The Balaban J connectivity index is 0.791. The standard InChI is InChI=1S/C77H88FN5O14S2/c1-9-82-65-38-35-58(98(90,91)92)46-61(65)76(5,6)69(82)30-16-11-17-31-70-77(7,8)62-47-59(99(93,94)95)36-39-66(62)83(70)41-21-13-19-32-71(86)79-40-20-12-18-33-72(87)80-57-34-37-60(63(78)45-57)74(88)81-64(43-55-29-22-24-51(2)42-55)67(84)44-56(49-96-48-54-27-14-10-15-28-54)68(85)50-97-75(89)73-52(3)25-23-26-53(73)4/h10-11,14-17,22-31,34-39,42,45-47,56,64H,9,12-13,18-21,32-33,40-41,43-44,48-50H2,1-8H3,(H4-,79,80,81,86,87,88,90,91,92,93,94,95)/p+1/t56-,64-/m0/s1. The van der Waals surface area contributed by atoms with Gasteiger partial charge in [0.25, 0.3) is 26.1 Å². The number of anilines is 2. The van der Waals surface area contributed by atoms with E-state index in [-0.39, 0.29) is 58.9 Å². The highest BCUT2D eigenvalue weighted by atomic mass is 32.2. The highest BCUT2D eigenvalue weighted by molar-refractivity contribution is 7.86. The number of carbonyl (C=O) groups excluding carboxylic acids is 6. The number of ketones is 2. The molecule has 5 N–H and O–H groups in total. The second kappa shape index (κ2) is 33.7. The number of nitrogens with zero attached hydrogens (tertiary/aromatic N) is 2. The predicted octanol–water partition coefficient (Wildman–Crippen LogP) is 12.9. The molecule has 6 aromatic carbocycles. The Bertz CT molecular complexity index is 4350. The van der Waals surface area contributed by atoms with Gasteiger partial charge in [-0.15, -0.1) is 0 Å². The van der Waals surface area contributed by atoms with Gasteiger partial charge in [-0.05, 0) is 156 Å². The smallest absolute Gasteiger partial charge is 0.339 e. The molecule has 0 radical (unpaired) electrons. The van der Waals surface area contributed by atoms with Crippen LogP contribution in [0.15, 0.2) is 173 Å². The third-order valence-electron chi connectivity index (χ3n) is 18.1. The van der Waals surface area contributed by atoms with Crippen LogP contribution in [0.25, 0.3) is 0 Å². The van der Waals surface area contributed by atoms with Gasteiger partial charge in [0.2, 0.25) is 17.5 Å². The summed E-state index contributed by atoms with van der Waals surface area (Å²) < 4.78 is 97.6. The quantitative estimate of drug-likeness (QED) is 0.00826. The number of ether oxygens (including phenoxy) is 2. The molecule has 0 bridgehead atoms. The molecule has 99 heavy (non-hydrogen) atoms. The first-order valence-electron chi connectivity index (χ1n) is 33.3. The van der Waals surface area contributed by atoms with Gasteiger partial charge in [-0.25, -0.2) is 9.18 Å². The topological polar surface area (TPSA) is 272 Å². The van der Waals surface area contributed by atoms with Crippen LogP contribution in [0.4, 0.5) is 21.5 Å². The molecular weight excluding hydrogens is 1300 g/mol. The van der Waals surface area contributed by atoms with Crippen molar-refractivity contribution in [3.8, 4) is 0 Å². The van der Waals surface area contributed by atoms with Crippen LogP contribution in [-0.4, -0.2) is 110 Å². The lowest BCUT2D eigenvalue weighted by atomic mass is 9.81. The van der Waals surface area contributed by atoms with E-state index in [1.54, 1.807) is 44.2 Å². The molecule has 0 unspecified atom stereocenters. The Kier molecular flexibility index (Phi) is 25.7. The second-order valence-corrected chi connectivity index (χ2v) is 29.1. The highest BCUT2D eigenvalue weighted by Crippen LogP contribution is 2.49. The molecule has 0 aromatic heterocycles. The number of unbranched alkanes of at least 4 members (excludes halogenated alkanes) is 4. The van der Waals surface area contributed by atoms with Gasteiger partial charge >= 0.3 is 5.97 Å². The Labute approximate surface area is 580 Å². The number of nitrogens with one attached hydrogen (secondary N) is 3. The molecule has 8 rings (SSSR count). The van der Waals surface area contributed by atoms with Gasteiger partial charge in [-0.1, -0.05) is 123 Å². The van der Waals surface area contributed by atoms with Crippen molar-refractivity contribution in [1.29, 1.82) is 0 Å². The number of halogens is 1. The van der Waals surface area contributed by atoms with Gasteiger partial charge in [0.05, 0.1) is 51.5 Å². The maximum absolute atomic E-state index is 15.9. The fourth-order valence-electron chi connectivity index (χ4n) is 12.8. The average molecular weight is 1390 g/mol. The number of hydrogen-bond donors (Lipinski definition) is 5. The lowest BCUT2D eigenvalue weighted by molar-refractivity contribution is -0.433. The van der Waals surface area contributed by atoms with Gasteiger partial charge in [-0.2, -0.15) is 21.4 Å². The number of aryl methyl sites for hydroxylation is 3. The number of esters is 1. The van der Waals surface area contributed by atoms with Crippen molar-refractivity contribution >= 4 is 78.3 Å². The molecule has 524 valence electrons. The molecule has 19 nitrogen and oxygen atoms in total. The molecule has 2 aliphatic heterocycles. The van der Waals surface area contributed by atoms with Gasteiger partial charge < -0.3 is 30.3 Å². The molecule has 0 saturated heterocycles. The van der Waals surface area contributed by atoms with Crippen LogP contribution in [0.5, 0.6) is 0 Å². The zero-order valence-corrected chi connectivity index (χ0v) is 59.0.